The number of esters is 1. The van der Waals surface area contributed by atoms with E-state index in [4.69, 9.17) is 20.6 Å². The number of benzene rings is 3. The van der Waals surface area contributed by atoms with Crippen molar-refractivity contribution in [1.29, 1.82) is 0 Å². The summed E-state index contributed by atoms with van der Waals surface area (Å²) < 4.78 is 18.7. The lowest BCUT2D eigenvalue weighted by Gasteiger charge is -2.27. The molecule has 0 unspecified atom stereocenters. The Labute approximate surface area is 229 Å². The fraction of sp³-hybridized carbons (Fsp3) is 0.194. The van der Waals surface area contributed by atoms with Crippen LogP contribution in [0.15, 0.2) is 81.7 Å². The summed E-state index contributed by atoms with van der Waals surface area (Å²) in [4.78, 5) is 32.5. The van der Waals surface area contributed by atoms with Crippen LogP contribution >= 0.6 is 11.3 Å². The molecule has 0 amide bonds. The molecule has 1 aliphatic heterocycles. The minimum absolute atomic E-state index is 0.178. The molecule has 8 heteroatoms. The smallest absolute Gasteiger partial charge is 0.338 e. The van der Waals surface area contributed by atoms with Gasteiger partial charge in [-0.15, -0.1) is 6.42 Å². The Bertz CT molecular complexity index is 1820. The molecule has 0 saturated carbocycles. The molecule has 196 valence electrons. The lowest BCUT2D eigenvalue weighted by Crippen LogP contribution is -2.40. The van der Waals surface area contributed by atoms with Gasteiger partial charge in [0.25, 0.3) is 5.56 Å². The van der Waals surface area contributed by atoms with Crippen LogP contribution in [0.5, 0.6) is 11.5 Å². The first-order valence-electron chi connectivity index (χ1n) is 12.4. The van der Waals surface area contributed by atoms with Crippen molar-refractivity contribution < 1.29 is 19.0 Å². The van der Waals surface area contributed by atoms with Crippen molar-refractivity contribution >= 4 is 34.2 Å². The number of rotatable bonds is 7. The number of hydrogen-bond donors (Lipinski definition) is 0. The Kier molecular flexibility index (Phi) is 7.35. The fourth-order valence-electron chi connectivity index (χ4n) is 4.74. The third kappa shape index (κ3) is 4.85. The second kappa shape index (κ2) is 11.0. The quantitative estimate of drug-likeness (QED) is 0.263. The predicted octanol–water partition coefficient (Wildman–Crippen LogP) is 3.97. The molecule has 0 fully saturated rings. The highest BCUT2D eigenvalue weighted by Crippen LogP contribution is 2.40. The first-order chi connectivity index (χ1) is 19.0. The van der Waals surface area contributed by atoms with Crippen molar-refractivity contribution in [3.63, 3.8) is 0 Å². The molecule has 1 aromatic heterocycles. The molecule has 39 heavy (non-hydrogen) atoms. The topological polar surface area (TPSA) is 79.1 Å². The van der Waals surface area contributed by atoms with E-state index in [1.807, 2.05) is 48.5 Å². The Morgan fingerprint density at radius 1 is 1.15 bits per heavy atom. The number of nitrogens with zero attached hydrogens (tertiary/aromatic N) is 2. The normalized spacial score (nSPS) is 14.9. The van der Waals surface area contributed by atoms with Crippen LogP contribution in [0.3, 0.4) is 0 Å². The van der Waals surface area contributed by atoms with Crippen LogP contribution in [0.4, 0.5) is 0 Å². The molecule has 0 saturated heterocycles. The monoisotopic (exact) mass is 538 g/mol. The number of terminal acetylenes is 1. The maximum Gasteiger partial charge on any atom is 0.338 e. The number of methoxy groups -OCH3 is 1. The highest BCUT2D eigenvalue weighted by atomic mass is 32.1. The molecule has 7 nitrogen and oxygen atoms in total. The van der Waals surface area contributed by atoms with Crippen LogP contribution in [0, 0.1) is 12.3 Å². The van der Waals surface area contributed by atoms with E-state index in [-0.39, 0.29) is 18.8 Å². The summed E-state index contributed by atoms with van der Waals surface area (Å²) in [6.07, 6.45) is 7.07. The largest absolute Gasteiger partial charge is 0.496 e. The van der Waals surface area contributed by atoms with Crippen molar-refractivity contribution in [1.82, 2.24) is 4.57 Å². The Morgan fingerprint density at radius 3 is 2.64 bits per heavy atom. The molecule has 0 spiro atoms. The number of carbonyl (C=O) groups is 1. The average Bonchev–Trinajstić information content (AvgIpc) is 3.25. The molecule has 3 aromatic carbocycles. The first kappa shape index (κ1) is 26.0. The highest BCUT2D eigenvalue weighted by Gasteiger charge is 2.36. The average molecular weight is 539 g/mol. The lowest BCUT2D eigenvalue weighted by molar-refractivity contribution is -0.139. The fourth-order valence-corrected chi connectivity index (χ4v) is 5.78. The standard InChI is InChI=1S/C31H26N2O5S/c1-5-17-38-22-14-11-20(12-15-22)18-25-29(34)33-28(26(30(35)37-6-2)19(3)32-31(33)39-25)27-23-10-8-7-9-21(23)13-16-24(27)36-4/h1,7-16,18,28H,6,17H2,2-4H3/b25-18-/t28-/m0/s1. The maximum atomic E-state index is 14.0. The van der Waals surface area contributed by atoms with Gasteiger partial charge in [-0.3, -0.25) is 9.36 Å². The second-order valence-electron chi connectivity index (χ2n) is 8.77. The van der Waals surface area contributed by atoms with Crippen LogP contribution in [0.1, 0.15) is 31.0 Å². The van der Waals surface area contributed by atoms with E-state index >= 15 is 0 Å². The molecule has 2 heterocycles. The zero-order valence-corrected chi connectivity index (χ0v) is 22.6. The Balaban J connectivity index is 1.75. The number of hydrogen-bond acceptors (Lipinski definition) is 7. The van der Waals surface area contributed by atoms with E-state index < -0.39 is 12.0 Å². The molecule has 4 aromatic rings. The first-order valence-corrected chi connectivity index (χ1v) is 13.2. The van der Waals surface area contributed by atoms with E-state index in [0.29, 0.717) is 37.7 Å². The zero-order valence-electron chi connectivity index (χ0n) is 21.8. The van der Waals surface area contributed by atoms with Gasteiger partial charge in [-0.05, 0) is 54.5 Å². The van der Waals surface area contributed by atoms with Gasteiger partial charge < -0.3 is 14.2 Å². The molecule has 0 aliphatic carbocycles. The van der Waals surface area contributed by atoms with Crippen LogP contribution < -0.4 is 24.4 Å². The zero-order chi connectivity index (χ0) is 27.5. The number of carbonyl (C=O) groups excluding carboxylic acids is 1. The van der Waals surface area contributed by atoms with Gasteiger partial charge in [0.1, 0.15) is 24.1 Å². The number of ether oxygens (including phenoxy) is 3. The van der Waals surface area contributed by atoms with Crippen LogP contribution in [0.2, 0.25) is 0 Å². The number of aromatic nitrogens is 1. The summed E-state index contributed by atoms with van der Waals surface area (Å²) in [7, 11) is 1.58. The SMILES string of the molecule is C#CCOc1ccc(/C=c2\sc3n(c2=O)[C@H](c2c(OC)ccc4ccccc24)C(C(=O)OCC)=C(C)N=3)cc1. The van der Waals surface area contributed by atoms with Gasteiger partial charge in [0, 0.05) is 5.56 Å². The van der Waals surface area contributed by atoms with E-state index in [2.05, 4.69) is 10.9 Å². The number of allylic oxidation sites excluding steroid dienone is 1. The van der Waals surface area contributed by atoms with E-state index in [1.165, 1.54) is 11.3 Å². The van der Waals surface area contributed by atoms with Crippen molar-refractivity contribution in [3.05, 3.63) is 103 Å². The van der Waals surface area contributed by atoms with Gasteiger partial charge >= 0.3 is 5.97 Å². The van der Waals surface area contributed by atoms with Crippen molar-refractivity contribution in [2.45, 2.75) is 19.9 Å². The maximum absolute atomic E-state index is 14.0. The van der Waals surface area contributed by atoms with Gasteiger partial charge in [-0.25, -0.2) is 9.79 Å². The summed E-state index contributed by atoms with van der Waals surface area (Å²) in [5.41, 5.74) is 2.06. The molecular formula is C31H26N2O5S. The van der Waals surface area contributed by atoms with Crippen LogP contribution in [-0.2, 0) is 9.53 Å². The Morgan fingerprint density at radius 2 is 1.92 bits per heavy atom. The summed E-state index contributed by atoms with van der Waals surface area (Å²) >= 11 is 1.27. The number of fused-ring (bicyclic) bond motifs is 2. The molecule has 0 N–H and O–H groups in total. The third-order valence-electron chi connectivity index (χ3n) is 6.44. The van der Waals surface area contributed by atoms with Gasteiger partial charge in [-0.2, -0.15) is 0 Å². The summed E-state index contributed by atoms with van der Waals surface area (Å²) in [5.74, 6) is 3.12. The van der Waals surface area contributed by atoms with Crippen molar-refractivity contribution in [3.8, 4) is 23.8 Å². The summed E-state index contributed by atoms with van der Waals surface area (Å²) in [6, 6.07) is 18.1. The van der Waals surface area contributed by atoms with Gasteiger partial charge in [-0.1, -0.05) is 59.7 Å². The molecule has 0 radical (unpaired) electrons. The van der Waals surface area contributed by atoms with Gasteiger partial charge in [0.05, 0.1) is 29.5 Å². The predicted molar refractivity (Wildman–Crippen MR) is 152 cm³/mol. The lowest BCUT2D eigenvalue weighted by atomic mass is 9.90. The van der Waals surface area contributed by atoms with E-state index in [1.54, 1.807) is 43.7 Å². The van der Waals surface area contributed by atoms with Gasteiger partial charge in [0.15, 0.2) is 4.80 Å². The molecule has 1 atom stereocenters. The molecule has 1 aliphatic rings. The minimum atomic E-state index is -0.789. The molecule has 0 bridgehead atoms. The van der Waals surface area contributed by atoms with Gasteiger partial charge in [0.2, 0.25) is 0 Å². The summed E-state index contributed by atoms with van der Waals surface area (Å²) in [5, 5.41) is 1.83. The van der Waals surface area contributed by atoms with E-state index in [9.17, 15) is 9.59 Å². The molecular weight excluding hydrogens is 512 g/mol. The van der Waals surface area contributed by atoms with Crippen LogP contribution in [0.25, 0.3) is 16.8 Å². The minimum Gasteiger partial charge on any atom is -0.496 e. The van der Waals surface area contributed by atoms with Crippen LogP contribution in [-0.4, -0.2) is 30.9 Å². The second-order valence-corrected chi connectivity index (χ2v) is 9.78. The molecule has 5 rings (SSSR count). The summed E-state index contributed by atoms with van der Waals surface area (Å²) in [6.45, 7) is 3.89. The highest BCUT2D eigenvalue weighted by molar-refractivity contribution is 7.07. The number of thiazole rings is 1. The van der Waals surface area contributed by atoms with Crippen molar-refractivity contribution in [2.75, 3.05) is 20.3 Å². The third-order valence-corrected chi connectivity index (χ3v) is 7.42. The van der Waals surface area contributed by atoms with E-state index in [0.717, 1.165) is 16.3 Å². The Hall–Kier alpha value is -4.61. The van der Waals surface area contributed by atoms with Crippen molar-refractivity contribution in [2.24, 2.45) is 4.99 Å².